The molecule has 1 aromatic heterocycles. The largest absolute Gasteiger partial charge is 0.491 e. The molecule has 0 spiro atoms. The Kier molecular flexibility index (Phi) is 7.50. The van der Waals surface area contributed by atoms with Gasteiger partial charge in [0, 0.05) is 60.4 Å². The highest BCUT2D eigenvalue weighted by atomic mass is 35.5. The molecule has 2 atom stereocenters. The number of ketones is 1. The maximum Gasteiger partial charge on any atom is 0.215 e. The van der Waals surface area contributed by atoms with Gasteiger partial charge < -0.3 is 29.0 Å². The Hall–Kier alpha value is -2.62. The summed E-state index contributed by atoms with van der Waals surface area (Å²) in [6, 6.07) is 10.9. The fourth-order valence-electron chi connectivity index (χ4n) is 4.63. The number of aromatic nitrogens is 2. The van der Waals surface area contributed by atoms with Crippen molar-refractivity contribution in [3.8, 4) is 5.75 Å². The number of rotatable bonds is 8. The molecule has 2 unspecified atom stereocenters. The number of carbonyl (C=O) groups is 1. The van der Waals surface area contributed by atoms with E-state index in [0.29, 0.717) is 40.1 Å². The highest BCUT2D eigenvalue weighted by Crippen LogP contribution is 2.40. The summed E-state index contributed by atoms with van der Waals surface area (Å²) in [5.41, 5.74) is 2.28. The fourth-order valence-corrected chi connectivity index (χ4v) is 5.19. The average molecular weight is 531 g/mol. The number of benzene rings is 2. The number of Topliss-reactive ketones (excluding diaryl/α,β-unsaturated/α-hetero) is 1. The molecule has 0 amide bonds. The molecule has 0 radical (unpaired) electrons. The molecule has 5 rings (SSSR count). The molecule has 190 valence electrons. The Labute approximate surface area is 220 Å². The minimum atomic E-state index is -1.12. The number of nitrogens with one attached hydrogen (secondary N) is 1. The van der Waals surface area contributed by atoms with Crippen LogP contribution in [0.1, 0.15) is 22.8 Å². The number of halogens is 2. The second-order valence-corrected chi connectivity index (χ2v) is 9.79. The van der Waals surface area contributed by atoms with E-state index >= 15 is 0 Å². The molecule has 2 aromatic carbocycles. The third kappa shape index (κ3) is 5.38. The van der Waals surface area contributed by atoms with Gasteiger partial charge in [0.05, 0.1) is 24.5 Å². The minimum Gasteiger partial charge on any atom is -0.491 e. The normalized spacial score (nSPS) is 22.1. The summed E-state index contributed by atoms with van der Waals surface area (Å²) < 4.78 is 20.6. The van der Waals surface area contributed by atoms with Gasteiger partial charge in [-0.15, -0.1) is 0 Å². The van der Waals surface area contributed by atoms with Crippen LogP contribution in [0.2, 0.25) is 10.0 Å². The first kappa shape index (κ1) is 25.0. The van der Waals surface area contributed by atoms with Crippen LogP contribution in [0.4, 0.5) is 5.69 Å². The van der Waals surface area contributed by atoms with Crippen LogP contribution in [0.5, 0.6) is 5.75 Å². The van der Waals surface area contributed by atoms with Crippen molar-refractivity contribution in [1.82, 2.24) is 14.9 Å². The predicted octanol–water partition coefficient (Wildman–Crippen LogP) is 4.15. The summed E-state index contributed by atoms with van der Waals surface area (Å²) in [7, 11) is 0. The van der Waals surface area contributed by atoms with Crippen molar-refractivity contribution in [3.05, 3.63) is 76.3 Å². The molecule has 10 heteroatoms. The molecule has 3 heterocycles. The number of hydrogen-bond acceptors (Lipinski definition) is 7. The summed E-state index contributed by atoms with van der Waals surface area (Å²) in [6.07, 6.45) is 4.88. The van der Waals surface area contributed by atoms with Crippen LogP contribution in [-0.2, 0) is 21.8 Å². The summed E-state index contributed by atoms with van der Waals surface area (Å²) in [5, 5.41) is 4.33. The van der Waals surface area contributed by atoms with E-state index in [4.69, 9.17) is 37.4 Å². The quantitative estimate of drug-likeness (QED) is 0.438. The van der Waals surface area contributed by atoms with Gasteiger partial charge in [-0.1, -0.05) is 29.3 Å². The van der Waals surface area contributed by atoms with Crippen LogP contribution < -0.4 is 15.0 Å². The van der Waals surface area contributed by atoms with Crippen molar-refractivity contribution in [3.63, 3.8) is 0 Å². The van der Waals surface area contributed by atoms with Gasteiger partial charge >= 0.3 is 0 Å². The molecule has 2 saturated heterocycles. The lowest BCUT2D eigenvalue weighted by molar-refractivity contribution is -0.189. The van der Waals surface area contributed by atoms with E-state index in [1.165, 1.54) is 0 Å². The van der Waals surface area contributed by atoms with Gasteiger partial charge in [0.25, 0.3) is 0 Å². The molecule has 1 N–H and O–H groups in total. The minimum absolute atomic E-state index is 0.00571. The van der Waals surface area contributed by atoms with Crippen LogP contribution in [0.15, 0.2) is 55.1 Å². The molecule has 2 aliphatic heterocycles. The predicted molar refractivity (Wildman–Crippen MR) is 138 cm³/mol. The van der Waals surface area contributed by atoms with Crippen LogP contribution in [0.25, 0.3) is 0 Å². The summed E-state index contributed by atoms with van der Waals surface area (Å²) in [4.78, 5) is 18.7. The summed E-state index contributed by atoms with van der Waals surface area (Å²) in [6.45, 7) is 6.02. The Morgan fingerprint density at radius 1 is 1.22 bits per heavy atom. The van der Waals surface area contributed by atoms with Crippen molar-refractivity contribution >= 4 is 34.7 Å². The van der Waals surface area contributed by atoms with Gasteiger partial charge in [-0.2, -0.15) is 0 Å². The number of nitrogens with zero attached hydrogens (tertiary/aromatic N) is 3. The fraction of sp³-hybridized carbons (Fsp3) is 0.385. The van der Waals surface area contributed by atoms with Crippen LogP contribution in [-0.4, -0.2) is 60.8 Å². The first-order valence-electron chi connectivity index (χ1n) is 11.9. The Morgan fingerprint density at radius 2 is 2.06 bits per heavy atom. The van der Waals surface area contributed by atoms with E-state index in [1.54, 1.807) is 31.6 Å². The Bertz CT molecular complexity index is 1220. The molecule has 3 aromatic rings. The highest BCUT2D eigenvalue weighted by Gasteiger charge is 2.45. The van der Waals surface area contributed by atoms with Crippen LogP contribution >= 0.6 is 23.2 Å². The molecule has 8 nitrogen and oxygen atoms in total. The zero-order valence-electron chi connectivity index (χ0n) is 20.0. The number of anilines is 1. The molecule has 36 heavy (non-hydrogen) atoms. The van der Waals surface area contributed by atoms with E-state index in [1.807, 2.05) is 35.0 Å². The number of hydrogen-bond donors (Lipinski definition) is 1. The van der Waals surface area contributed by atoms with Crippen molar-refractivity contribution in [2.75, 3.05) is 44.3 Å². The standard InChI is InChI=1S/C26H28Cl2N4O4/c1-18(33)22-13-20(3-5-25(22)32-10-7-29-8-11-32)34-14-21-15-35-26(36-21,16-31-9-6-30-17-31)23-4-2-19(27)12-24(23)28/h2-6,9,12-13,17,21,29H,7-8,10-11,14-16H2,1H3. The van der Waals surface area contributed by atoms with Gasteiger partial charge in [-0.3, -0.25) is 4.79 Å². The van der Waals surface area contributed by atoms with E-state index in [9.17, 15) is 4.79 Å². The summed E-state index contributed by atoms with van der Waals surface area (Å²) >= 11 is 12.7. The monoisotopic (exact) mass is 530 g/mol. The summed E-state index contributed by atoms with van der Waals surface area (Å²) in [5.74, 6) is -0.502. The Balaban J connectivity index is 1.32. The van der Waals surface area contributed by atoms with E-state index in [-0.39, 0.29) is 18.5 Å². The molecule has 2 aliphatic rings. The lowest BCUT2D eigenvalue weighted by atomic mass is 10.1. The second-order valence-electron chi connectivity index (χ2n) is 8.95. The van der Waals surface area contributed by atoms with Gasteiger partial charge in [-0.05, 0) is 37.3 Å². The van der Waals surface area contributed by atoms with Crippen LogP contribution in [0.3, 0.4) is 0 Å². The first-order chi connectivity index (χ1) is 17.4. The van der Waals surface area contributed by atoms with Crippen molar-refractivity contribution < 1.29 is 19.0 Å². The lowest BCUT2D eigenvalue weighted by Crippen LogP contribution is -2.44. The molecular formula is C26H28Cl2N4O4. The number of carbonyl (C=O) groups excluding carboxylic acids is 1. The zero-order chi connectivity index (χ0) is 25.1. The van der Waals surface area contributed by atoms with Crippen LogP contribution in [0, 0.1) is 0 Å². The van der Waals surface area contributed by atoms with Crippen molar-refractivity contribution in [1.29, 1.82) is 0 Å². The van der Waals surface area contributed by atoms with Gasteiger partial charge in [0.15, 0.2) is 5.78 Å². The SMILES string of the molecule is CC(=O)c1cc(OCC2COC(Cn3ccnc3)(c3ccc(Cl)cc3Cl)O2)ccc1N1CCNCC1. The lowest BCUT2D eigenvalue weighted by Gasteiger charge is -2.31. The van der Waals surface area contributed by atoms with Crippen molar-refractivity contribution in [2.45, 2.75) is 25.4 Å². The van der Waals surface area contributed by atoms with Gasteiger partial charge in [-0.25, -0.2) is 4.98 Å². The van der Waals surface area contributed by atoms with Gasteiger partial charge in [0.2, 0.25) is 5.79 Å². The first-order valence-corrected chi connectivity index (χ1v) is 12.7. The average Bonchev–Trinajstić information content (AvgIpc) is 3.54. The second kappa shape index (κ2) is 10.8. The third-order valence-electron chi connectivity index (χ3n) is 6.39. The van der Waals surface area contributed by atoms with E-state index < -0.39 is 5.79 Å². The third-order valence-corrected chi connectivity index (χ3v) is 6.94. The van der Waals surface area contributed by atoms with E-state index in [0.717, 1.165) is 31.9 Å². The smallest absolute Gasteiger partial charge is 0.215 e. The molecule has 2 fully saturated rings. The van der Waals surface area contributed by atoms with Crippen molar-refractivity contribution in [2.24, 2.45) is 0 Å². The molecular weight excluding hydrogens is 503 g/mol. The topological polar surface area (TPSA) is 77.8 Å². The molecule has 0 aliphatic carbocycles. The maximum absolute atomic E-state index is 12.4. The molecule has 0 bridgehead atoms. The maximum atomic E-state index is 12.4. The highest BCUT2D eigenvalue weighted by molar-refractivity contribution is 6.35. The number of imidazole rings is 1. The Morgan fingerprint density at radius 3 is 2.78 bits per heavy atom. The molecule has 0 saturated carbocycles. The zero-order valence-corrected chi connectivity index (χ0v) is 21.5. The number of piperazine rings is 1. The van der Waals surface area contributed by atoms with Gasteiger partial charge in [0.1, 0.15) is 18.5 Å². The van der Waals surface area contributed by atoms with E-state index in [2.05, 4.69) is 15.2 Å². The number of ether oxygens (including phenoxy) is 3.